The number of fused-ring (bicyclic) bond motifs is 1. The average molecular weight is 492 g/mol. The molecule has 1 amide bonds. The largest absolute Gasteiger partial charge is 0.465 e. The minimum atomic E-state index is -0.445. The molecule has 0 aliphatic carbocycles. The van der Waals surface area contributed by atoms with Crippen LogP contribution in [0.2, 0.25) is 0 Å². The molecule has 4 aromatic rings. The van der Waals surface area contributed by atoms with Crippen LogP contribution in [0.15, 0.2) is 83.3 Å². The first-order chi connectivity index (χ1) is 16.5. The maximum Gasteiger partial charge on any atom is 0.337 e. The third kappa shape index (κ3) is 5.11. The molecule has 0 spiro atoms. The SMILES string of the molecule is C=CCn1c(SCC(=O)Nc2ccc(C(=O)OC)cc2)nc2cc(-c3ccccc3)sc2c1=O. The topological polar surface area (TPSA) is 90.3 Å². The fourth-order valence-electron chi connectivity index (χ4n) is 3.27. The number of carbonyl (C=O) groups is 2. The number of amides is 1. The van der Waals surface area contributed by atoms with Gasteiger partial charge in [-0.25, -0.2) is 9.78 Å². The zero-order valence-corrected chi connectivity index (χ0v) is 19.9. The van der Waals surface area contributed by atoms with E-state index in [1.165, 1.54) is 34.8 Å². The quantitative estimate of drug-likeness (QED) is 0.164. The van der Waals surface area contributed by atoms with Crippen LogP contribution in [0.3, 0.4) is 0 Å². The van der Waals surface area contributed by atoms with E-state index in [0.29, 0.717) is 33.2 Å². The molecular weight excluding hydrogens is 470 g/mol. The molecule has 0 unspecified atom stereocenters. The van der Waals surface area contributed by atoms with Gasteiger partial charge in [0.05, 0.1) is 23.9 Å². The van der Waals surface area contributed by atoms with Gasteiger partial charge in [-0.3, -0.25) is 14.2 Å². The summed E-state index contributed by atoms with van der Waals surface area (Å²) in [6, 6.07) is 18.1. The van der Waals surface area contributed by atoms with Gasteiger partial charge < -0.3 is 10.1 Å². The van der Waals surface area contributed by atoms with E-state index in [9.17, 15) is 14.4 Å². The molecule has 0 aliphatic rings. The Balaban J connectivity index is 1.54. The van der Waals surface area contributed by atoms with Gasteiger partial charge in [-0.2, -0.15) is 0 Å². The molecular formula is C25H21N3O4S2. The van der Waals surface area contributed by atoms with E-state index in [1.54, 1.807) is 30.3 Å². The van der Waals surface area contributed by atoms with Crippen molar-refractivity contribution in [3.05, 3.63) is 89.2 Å². The van der Waals surface area contributed by atoms with Crippen LogP contribution in [-0.2, 0) is 16.1 Å². The smallest absolute Gasteiger partial charge is 0.337 e. The van der Waals surface area contributed by atoms with Crippen molar-refractivity contribution in [3.63, 3.8) is 0 Å². The van der Waals surface area contributed by atoms with Crippen LogP contribution in [0.4, 0.5) is 5.69 Å². The fraction of sp³-hybridized carbons (Fsp3) is 0.120. The van der Waals surface area contributed by atoms with Crippen LogP contribution in [-0.4, -0.2) is 34.3 Å². The second kappa shape index (κ2) is 10.5. The molecule has 0 saturated carbocycles. The highest BCUT2D eigenvalue weighted by molar-refractivity contribution is 7.99. The molecule has 2 aromatic heterocycles. The molecule has 0 radical (unpaired) electrons. The standard InChI is InChI=1S/C25H21N3O4S2/c1-3-13-28-23(30)22-19(14-20(34-22)16-7-5-4-6-8-16)27-25(28)33-15-21(29)26-18-11-9-17(10-12-18)24(31)32-2/h3-12,14H,1,13,15H2,2H3,(H,26,29). The molecule has 2 heterocycles. The summed E-state index contributed by atoms with van der Waals surface area (Å²) >= 11 is 2.59. The average Bonchev–Trinajstić information content (AvgIpc) is 3.30. The number of ether oxygens (including phenoxy) is 1. The molecule has 7 nitrogen and oxygen atoms in total. The first-order valence-corrected chi connectivity index (χ1v) is 12.1. The summed E-state index contributed by atoms with van der Waals surface area (Å²) in [5, 5.41) is 3.23. The number of methoxy groups -OCH3 is 1. The van der Waals surface area contributed by atoms with Gasteiger partial charge in [0.15, 0.2) is 5.16 Å². The number of anilines is 1. The Kier molecular flexibility index (Phi) is 7.24. The van der Waals surface area contributed by atoms with E-state index in [0.717, 1.165) is 10.4 Å². The van der Waals surface area contributed by atoms with Crippen molar-refractivity contribution in [2.24, 2.45) is 0 Å². The van der Waals surface area contributed by atoms with Gasteiger partial charge in [-0.15, -0.1) is 17.9 Å². The Morgan fingerprint density at radius 1 is 1.18 bits per heavy atom. The molecule has 0 aliphatic heterocycles. The highest BCUT2D eigenvalue weighted by Crippen LogP contribution is 2.32. The molecule has 0 saturated heterocycles. The van der Waals surface area contributed by atoms with E-state index in [-0.39, 0.29) is 17.2 Å². The molecule has 1 N–H and O–H groups in total. The van der Waals surface area contributed by atoms with Crippen LogP contribution in [0.25, 0.3) is 20.7 Å². The number of carbonyl (C=O) groups excluding carboxylic acids is 2. The van der Waals surface area contributed by atoms with E-state index in [4.69, 9.17) is 0 Å². The van der Waals surface area contributed by atoms with Gasteiger partial charge in [-0.05, 0) is 35.9 Å². The van der Waals surface area contributed by atoms with Crippen LogP contribution < -0.4 is 10.9 Å². The summed E-state index contributed by atoms with van der Waals surface area (Å²) in [6.45, 7) is 4.03. The summed E-state index contributed by atoms with van der Waals surface area (Å²) in [4.78, 5) is 42.9. The Labute approximate surface area is 204 Å². The van der Waals surface area contributed by atoms with Gasteiger partial charge in [0.2, 0.25) is 5.91 Å². The predicted octanol–water partition coefficient (Wildman–Crippen LogP) is 4.83. The number of rotatable bonds is 8. The van der Waals surface area contributed by atoms with Crippen molar-refractivity contribution in [3.8, 4) is 10.4 Å². The number of aromatic nitrogens is 2. The number of nitrogens with one attached hydrogen (secondary N) is 1. The van der Waals surface area contributed by atoms with Gasteiger partial charge >= 0.3 is 5.97 Å². The number of nitrogens with zero attached hydrogens (tertiary/aromatic N) is 2. The fourth-order valence-corrected chi connectivity index (χ4v) is 5.13. The molecule has 0 atom stereocenters. The number of esters is 1. The van der Waals surface area contributed by atoms with E-state index >= 15 is 0 Å². The highest BCUT2D eigenvalue weighted by atomic mass is 32.2. The normalized spacial score (nSPS) is 10.7. The molecule has 0 fully saturated rings. The molecule has 34 heavy (non-hydrogen) atoms. The third-order valence-electron chi connectivity index (χ3n) is 4.89. The van der Waals surface area contributed by atoms with Crippen molar-refractivity contribution >= 4 is 50.9 Å². The van der Waals surface area contributed by atoms with Crippen molar-refractivity contribution in [2.75, 3.05) is 18.2 Å². The summed E-state index contributed by atoms with van der Waals surface area (Å²) in [7, 11) is 1.31. The summed E-state index contributed by atoms with van der Waals surface area (Å²) in [5.74, 6) is -0.645. The van der Waals surface area contributed by atoms with Crippen molar-refractivity contribution < 1.29 is 14.3 Å². The van der Waals surface area contributed by atoms with E-state index in [1.807, 2.05) is 36.4 Å². The lowest BCUT2D eigenvalue weighted by molar-refractivity contribution is -0.113. The lowest BCUT2D eigenvalue weighted by Gasteiger charge is -2.10. The Morgan fingerprint density at radius 3 is 2.59 bits per heavy atom. The summed E-state index contributed by atoms with van der Waals surface area (Å²) in [5.41, 5.74) is 2.42. The summed E-state index contributed by atoms with van der Waals surface area (Å²) < 4.78 is 6.77. The lowest BCUT2D eigenvalue weighted by Crippen LogP contribution is -2.23. The van der Waals surface area contributed by atoms with Gasteiger partial charge in [0.1, 0.15) is 4.70 Å². The predicted molar refractivity (Wildman–Crippen MR) is 137 cm³/mol. The number of benzene rings is 2. The second-order valence-electron chi connectivity index (χ2n) is 7.20. The third-order valence-corrected chi connectivity index (χ3v) is 7.03. The molecule has 172 valence electrons. The minimum absolute atomic E-state index is 0.0590. The highest BCUT2D eigenvalue weighted by Gasteiger charge is 2.16. The molecule has 9 heteroatoms. The van der Waals surface area contributed by atoms with Crippen LogP contribution in [0, 0.1) is 0 Å². The molecule has 2 aromatic carbocycles. The first-order valence-electron chi connectivity index (χ1n) is 10.3. The lowest BCUT2D eigenvalue weighted by atomic mass is 10.2. The number of thioether (sulfide) groups is 1. The number of hydrogen-bond donors (Lipinski definition) is 1. The number of thiophene rings is 1. The Morgan fingerprint density at radius 2 is 1.91 bits per heavy atom. The van der Waals surface area contributed by atoms with Crippen LogP contribution >= 0.6 is 23.1 Å². The van der Waals surface area contributed by atoms with Crippen molar-refractivity contribution in [1.82, 2.24) is 9.55 Å². The van der Waals surface area contributed by atoms with E-state index in [2.05, 4.69) is 21.6 Å². The van der Waals surface area contributed by atoms with Crippen molar-refractivity contribution in [1.29, 1.82) is 0 Å². The molecule has 4 rings (SSSR count). The minimum Gasteiger partial charge on any atom is -0.465 e. The van der Waals surface area contributed by atoms with E-state index < -0.39 is 5.97 Å². The number of allylic oxidation sites excluding steroid dienone is 1. The Bertz CT molecular complexity index is 1410. The zero-order chi connectivity index (χ0) is 24.1. The monoisotopic (exact) mass is 491 g/mol. The second-order valence-corrected chi connectivity index (χ2v) is 9.19. The first kappa shape index (κ1) is 23.5. The Hall–Kier alpha value is -3.69. The van der Waals surface area contributed by atoms with Crippen LogP contribution in [0.5, 0.6) is 0 Å². The van der Waals surface area contributed by atoms with Gasteiger partial charge in [0.25, 0.3) is 5.56 Å². The van der Waals surface area contributed by atoms with Crippen LogP contribution in [0.1, 0.15) is 10.4 Å². The number of hydrogen-bond acceptors (Lipinski definition) is 7. The van der Waals surface area contributed by atoms with Gasteiger partial charge in [0, 0.05) is 17.1 Å². The summed E-state index contributed by atoms with van der Waals surface area (Å²) in [6.07, 6.45) is 1.63. The zero-order valence-electron chi connectivity index (χ0n) is 18.3. The van der Waals surface area contributed by atoms with Gasteiger partial charge in [-0.1, -0.05) is 48.2 Å². The molecule has 0 bridgehead atoms. The maximum absolute atomic E-state index is 13.2. The maximum atomic E-state index is 13.2. The van der Waals surface area contributed by atoms with Crippen molar-refractivity contribution in [2.45, 2.75) is 11.7 Å².